The molecule has 1 aliphatic heterocycles. The molecule has 0 saturated carbocycles. The summed E-state index contributed by atoms with van der Waals surface area (Å²) in [5.74, 6) is 0.642. The molecule has 0 atom stereocenters. The Morgan fingerprint density at radius 3 is 2.77 bits per heavy atom. The molecule has 0 amide bonds. The van der Waals surface area contributed by atoms with Gasteiger partial charge in [-0.25, -0.2) is 0 Å². The normalized spacial score (nSPS) is 16.3. The van der Waals surface area contributed by atoms with Crippen LogP contribution in [0.25, 0.3) is 10.9 Å². The molecule has 26 heavy (non-hydrogen) atoms. The van der Waals surface area contributed by atoms with E-state index in [9.17, 15) is 0 Å². The number of benzene rings is 1. The van der Waals surface area contributed by atoms with Crippen LogP contribution in [0.5, 0.6) is 0 Å². The molecule has 1 aromatic heterocycles. The molecule has 1 aliphatic rings. The van der Waals surface area contributed by atoms with Gasteiger partial charge in [-0.05, 0) is 88.1 Å². The highest BCUT2D eigenvalue weighted by Gasteiger charge is 2.24. The average Bonchev–Trinajstić information content (AvgIpc) is 3.05. The fraction of sp³-hybridized carbons (Fsp3) is 0.571. The summed E-state index contributed by atoms with van der Waals surface area (Å²) in [5, 5.41) is 8.64. The van der Waals surface area contributed by atoms with Gasteiger partial charge in [0, 0.05) is 35.4 Å². The first-order chi connectivity index (χ1) is 12.6. The van der Waals surface area contributed by atoms with E-state index in [4.69, 9.17) is 12.2 Å². The Morgan fingerprint density at radius 1 is 1.31 bits per heavy atom. The van der Waals surface area contributed by atoms with E-state index in [1.165, 1.54) is 48.8 Å². The van der Waals surface area contributed by atoms with Gasteiger partial charge in [-0.1, -0.05) is 13.3 Å². The maximum Gasteiger partial charge on any atom is 0.170 e. The molecule has 4 nitrogen and oxygen atoms in total. The number of nitrogens with one attached hydrogen (secondary N) is 3. The van der Waals surface area contributed by atoms with Crippen LogP contribution in [0.2, 0.25) is 0 Å². The van der Waals surface area contributed by atoms with Crippen LogP contribution in [-0.4, -0.2) is 40.7 Å². The van der Waals surface area contributed by atoms with E-state index >= 15 is 0 Å². The van der Waals surface area contributed by atoms with Crippen molar-refractivity contribution >= 4 is 33.9 Å². The Morgan fingerprint density at radius 2 is 2.08 bits per heavy atom. The van der Waals surface area contributed by atoms with E-state index in [0.29, 0.717) is 17.1 Å². The zero-order valence-electron chi connectivity index (χ0n) is 16.3. The van der Waals surface area contributed by atoms with Gasteiger partial charge < -0.3 is 20.5 Å². The summed E-state index contributed by atoms with van der Waals surface area (Å²) < 4.78 is 0. The summed E-state index contributed by atoms with van der Waals surface area (Å²) in [6, 6.07) is 7.14. The van der Waals surface area contributed by atoms with Crippen LogP contribution >= 0.6 is 12.2 Å². The maximum atomic E-state index is 5.41. The molecule has 0 unspecified atom stereocenters. The van der Waals surface area contributed by atoms with Crippen molar-refractivity contribution in [3.63, 3.8) is 0 Å². The number of H-pyrrole nitrogens is 1. The molecule has 3 N–H and O–H groups in total. The van der Waals surface area contributed by atoms with E-state index in [1.54, 1.807) is 0 Å². The van der Waals surface area contributed by atoms with E-state index < -0.39 is 0 Å². The van der Waals surface area contributed by atoms with Gasteiger partial charge in [0.2, 0.25) is 0 Å². The molecule has 0 bridgehead atoms. The monoisotopic (exact) mass is 372 g/mol. The number of thiocarbonyl (C=S) groups is 1. The molecule has 142 valence electrons. The fourth-order valence-corrected chi connectivity index (χ4v) is 4.06. The lowest BCUT2D eigenvalue weighted by Gasteiger charge is -2.34. The number of piperidine rings is 1. The summed E-state index contributed by atoms with van der Waals surface area (Å²) in [6.45, 7) is 10.1. The lowest BCUT2D eigenvalue weighted by atomic mass is 9.88. The van der Waals surface area contributed by atoms with Crippen molar-refractivity contribution in [1.82, 2.24) is 15.2 Å². The Hall–Kier alpha value is -1.59. The van der Waals surface area contributed by atoms with Gasteiger partial charge >= 0.3 is 0 Å². The first kappa shape index (κ1) is 19.2. The molecule has 2 heterocycles. The van der Waals surface area contributed by atoms with Gasteiger partial charge in [0.25, 0.3) is 0 Å². The van der Waals surface area contributed by atoms with Gasteiger partial charge in [0.15, 0.2) is 5.11 Å². The molecule has 0 radical (unpaired) electrons. The third-order valence-corrected chi connectivity index (χ3v) is 5.73. The summed E-state index contributed by atoms with van der Waals surface area (Å²) in [4.78, 5) is 6.03. The van der Waals surface area contributed by atoms with Crippen molar-refractivity contribution < 1.29 is 0 Å². The second-order valence-corrected chi connectivity index (χ2v) is 8.05. The summed E-state index contributed by atoms with van der Waals surface area (Å²) in [6.07, 6.45) is 6.99. The second-order valence-electron chi connectivity index (χ2n) is 7.64. The van der Waals surface area contributed by atoms with Crippen LogP contribution in [0.1, 0.15) is 57.9 Å². The number of hydrogen-bond acceptors (Lipinski definition) is 2. The Labute approximate surface area is 162 Å². The van der Waals surface area contributed by atoms with Crippen molar-refractivity contribution in [1.29, 1.82) is 0 Å². The number of aromatic amines is 1. The zero-order chi connectivity index (χ0) is 18.5. The van der Waals surface area contributed by atoms with Crippen molar-refractivity contribution in [2.75, 3.05) is 25.0 Å². The predicted molar refractivity (Wildman–Crippen MR) is 116 cm³/mol. The summed E-state index contributed by atoms with van der Waals surface area (Å²) >= 11 is 5.41. The number of fused-ring (bicyclic) bond motifs is 1. The summed E-state index contributed by atoms with van der Waals surface area (Å²) in [7, 11) is 0. The van der Waals surface area contributed by atoms with Crippen LogP contribution in [0.3, 0.4) is 0 Å². The van der Waals surface area contributed by atoms with Crippen LogP contribution in [0.4, 0.5) is 5.69 Å². The number of anilines is 1. The van der Waals surface area contributed by atoms with E-state index in [1.807, 2.05) is 0 Å². The second kappa shape index (κ2) is 8.87. The molecule has 1 aromatic carbocycles. The number of unbranched alkanes of at least 4 members (excludes halogenated alkanes) is 1. The average molecular weight is 373 g/mol. The quantitative estimate of drug-likeness (QED) is 0.501. The van der Waals surface area contributed by atoms with Crippen LogP contribution in [0.15, 0.2) is 24.4 Å². The predicted octanol–water partition coefficient (Wildman–Crippen LogP) is 4.84. The van der Waals surface area contributed by atoms with Crippen molar-refractivity contribution in [3.05, 3.63) is 30.0 Å². The van der Waals surface area contributed by atoms with Crippen molar-refractivity contribution in [3.8, 4) is 0 Å². The number of rotatable bonds is 6. The Bertz CT molecular complexity index is 729. The van der Waals surface area contributed by atoms with Crippen molar-refractivity contribution in [2.45, 2.75) is 58.4 Å². The fourth-order valence-electron chi connectivity index (χ4n) is 3.84. The first-order valence-corrected chi connectivity index (χ1v) is 10.4. The minimum atomic E-state index is 0.642. The standard InChI is InChI=1S/C21H32N4S/c1-4-5-10-22-21(26)24-17-6-7-20-18(13-17)19(14-23-20)16-8-11-25(12-9-16)15(2)3/h6-7,13-16,23H,4-5,8-12H2,1-3H3,(H2,22,24,26). The molecule has 2 aromatic rings. The third-order valence-electron chi connectivity index (χ3n) is 5.49. The Kier molecular flexibility index (Phi) is 6.54. The number of hydrogen-bond donors (Lipinski definition) is 3. The van der Waals surface area contributed by atoms with Gasteiger partial charge in [0.05, 0.1) is 0 Å². The van der Waals surface area contributed by atoms with Crippen LogP contribution in [-0.2, 0) is 0 Å². The minimum absolute atomic E-state index is 0.642. The maximum absolute atomic E-state index is 5.41. The lowest BCUT2D eigenvalue weighted by molar-refractivity contribution is 0.172. The topological polar surface area (TPSA) is 43.1 Å². The SMILES string of the molecule is CCCCNC(=S)Nc1ccc2[nH]cc(C3CCN(C(C)C)CC3)c2c1. The number of likely N-dealkylation sites (tertiary alicyclic amines) is 1. The molecule has 1 fully saturated rings. The molecular formula is C21H32N4S. The van der Waals surface area contributed by atoms with Crippen LogP contribution in [0, 0.1) is 0 Å². The number of nitrogens with zero attached hydrogens (tertiary/aromatic N) is 1. The lowest BCUT2D eigenvalue weighted by Crippen LogP contribution is -2.37. The smallest absolute Gasteiger partial charge is 0.170 e. The number of aromatic nitrogens is 1. The largest absolute Gasteiger partial charge is 0.362 e. The molecule has 1 saturated heterocycles. The van der Waals surface area contributed by atoms with Crippen LogP contribution < -0.4 is 10.6 Å². The van der Waals surface area contributed by atoms with Gasteiger partial charge in [-0.2, -0.15) is 0 Å². The van der Waals surface area contributed by atoms with E-state index in [-0.39, 0.29) is 0 Å². The molecular weight excluding hydrogens is 340 g/mol. The van der Waals surface area contributed by atoms with E-state index in [0.717, 1.165) is 18.7 Å². The molecule has 0 spiro atoms. The van der Waals surface area contributed by atoms with Crippen molar-refractivity contribution in [2.24, 2.45) is 0 Å². The van der Waals surface area contributed by atoms with E-state index in [2.05, 4.69) is 65.7 Å². The highest BCUT2D eigenvalue weighted by Crippen LogP contribution is 2.34. The molecule has 5 heteroatoms. The zero-order valence-corrected chi connectivity index (χ0v) is 17.1. The van der Waals surface area contributed by atoms with Gasteiger partial charge in [0.1, 0.15) is 0 Å². The highest BCUT2D eigenvalue weighted by atomic mass is 32.1. The molecule has 0 aliphatic carbocycles. The summed E-state index contributed by atoms with van der Waals surface area (Å²) in [5.41, 5.74) is 3.73. The molecule has 3 rings (SSSR count). The van der Waals surface area contributed by atoms with Gasteiger partial charge in [-0.3, -0.25) is 0 Å². The first-order valence-electron chi connectivity index (χ1n) is 9.98. The minimum Gasteiger partial charge on any atom is -0.362 e. The highest BCUT2D eigenvalue weighted by molar-refractivity contribution is 7.80. The third kappa shape index (κ3) is 4.57. The Balaban J connectivity index is 1.69. The van der Waals surface area contributed by atoms with Gasteiger partial charge in [-0.15, -0.1) is 0 Å².